The second-order valence-electron chi connectivity index (χ2n) is 5.85. The van der Waals surface area contributed by atoms with E-state index in [4.69, 9.17) is 4.74 Å². The first-order valence-corrected chi connectivity index (χ1v) is 8.06. The maximum absolute atomic E-state index is 12.7. The first-order chi connectivity index (χ1) is 12.5. The van der Waals surface area contributed by atoms with Crippen molar-refractivity contribution >= 4 is 17.9 Å². The molecule has 1 aliphatic rings. The molecule has 2 N–H and O–H groups in total. The third kappa shape index (κ3) is 3.69. The van der Waals surface area contributed by atoms with Crippen molar-refractivity contribution in [1.82, 2.24) is 19.9 Å². The summed E-state index contributed by atoms with van der Waals surface area (Å²) in [5.74, 6) is -0.500. The van der Waals surface area contributed by atoms with Gasteiger partial charge in [-0.1, -0.05) is 0 Å². The maximum atomic E-state index is 12.7. The fourth-order valence-corrected chi connectivity index (χ4v) is 2.68. The van der Waals surface area contributed by atoms with Crippen LogP contribution in [0.4, 0.5) is 0 Å². The predicted molar refractivity (Wildman–Crippen MR) is 93.5 cm³/mol. The Bertz CT molecular complexity index is 921. The molecule has 0 radical (unpaired) electrons. The van der Waals surface area contributed by atoms with Crippen LogP contribution in [-0.2, 0) is 4.79 Å². The van der Waals surface area contributed by atoms with Crippen LogP contribution in [0.2, 0.25) is 0 Å². The summed E-state index contributed by atoms with van der Waals surface area (Å²) < 4.78 is 4.94. The minimum Gasteiger partial charge on any atom is -0.492 e. The van der Waals surface area contributed by atoms with Gasteiger partial charge in [0.1, 0.15) is 0 Å². The zero-order valence-electron chi connectivity index (χ0n) is 14.4. The van der Waals surface area contributed by atoms with Gasteiger partial charge in [-0.15, -0.1) is 0 Å². The van der Waals surface area contributed by atoms with Crippen molar-refractivity contribution in [2.75, 3.05) is 7.11 Å². The number of methoxy groups -OCH3 is 1. The van der Waals surface area contributed by atoms with Crippen LogP contribution in [0, 0.1) is 6.92 Å². The molecule has 134 valence electrons. The van der Waals surface area contributed by atoms with Crippen LogP contribution in [0.5, 0.6) is 17.6 Å². The van der Waals surface area contributed by atoms with E-state index in [1.807, 2.05) is 0 Å². The molecule has 8 nitrogen and oxygen atoms in total. The molecule has 0 spiro atoms. The molecule has 2 heterocycles. The average molecular weight is 354 g/mol. The van der Waals surface area contributed by atoms with Gasteiger partial charge in [0, 0.05) is 11.1 Å². The number of nitrogens with zero attached hydrogens (tertiary/aromatic N) is 4. The topological polar surface area (TPSA) is 118 Å². The molecule has 0 saturated heterocycles. The van der Waals surface area contributed by atoms with E-state index in [2.05, 4.69) is 19.9 Å². The van der Waals surface area contributed by atoms with E-state index in [-0.39, 0.29) is 23.4 Å². The highest BCUT2D eigenvalue weighted by atomic mass is 16.5. The van der Waals surface area contributed by atoms with E-state index in [0.29, 0.717) is 41.1 Å². The van der Waals surface area contributed by atoms with E-state index >= 15 is 0 Å². The molecule has 0 bridgehead atoms. The molecule has 0 aliphatic heterocycles. The lowest BCUT2D eigenvalue weighted by molar-refractivity contribution is -0.112. The van der Waals surface area contributed by atoms with E-state index in [9.17, 15) is 15.0 Å². The molecule has 1 fully saturated rings. The highest BCUT2D eigenvalue weighted by molar-refractivity contribution is 6.13. The van der Waals surface area contributed by atoms with Crippen molar-refractivity contribution in [3.8, 4) is 17.6 Å². The van der Waals surface area contributed by atoms with Crippen molar-refractivity contribution in [2.45, 2.75) is 26.2 Å². The molecule has 2 aromatic heterocycles. The van der Waals surface area contributed by atoms with Crippen LogP contribution in [0.25, 0.3) is 12.2 Å². The van der Waals surface area contributed by atoms with Crippen molar-refractivity contribution in [2.24, 2.45) is 0 Å². The summed E-state index contributed by atoms with van der Waals surface area (Å²) in [7, 11) is 1.38. The SMILES string of the molecule is COc1nc(/C=C2\CCC/C(=C\c3cnc(O)c(C)n3)C2=O)cnc1O. The number of Topliss-reactive ketones (excluding diaryl/α,β-unsaturated/α-hetero) is 1. The zero-order valence-corrected chi connectivity index (χ0v) is 14.4. The fraction of sp³-hybridized carbons (Fsp3) is 0.278. The van der Waals surface area contributed by atoms with Gasteiger partial charge in [-0.05, 0) is 38.3 Å². The summed E-state index contributed by atoms with van der Waals surface area (Å²) >= 11 is 0. The van der Waals surface area contributed by atoms with Crippen LogP contribution in [0.1, 0.15) is 36.3 Å². The first kappa shape index (κ1) is 17.5. The van der Waals surface area contributed by atoms with Gasteiger partial charge >= 0.3 is 0 Å². The fourth-order valence-electron chi connectivity index (χ4n) is 2.68. The Morgan fingerprint density at radius 3 is 2.15 bits per heavy atom. The lowest BCUT2D eigenvalue weighted by Crippen LogP contribution is -2.12. The summed E-state index contributed by atoms with van der Waals surface area (Å²) in [6, 6.07) is 0. The van der Waals surface area contributed by atoms with Crippen LogP contribution in [0.15, 0.2) is 23.5 Å². The molecule has 1 saturated carbocycles. The highest BCUT2D eigenvalue weighted by Crippen LogP contribution is 2.28. The van der Waals surface area contributed by atoms with Gasteiger partial charge in [0.2, 0.25) is 5.88 Å². The van der Waals surface area contributed by atoms with Gasteiger partial charge in [-0.25, -0.2) is 19.9 Å². The van der Waals surface area contributed by atoms with Crippen LogP contribution < -0.4 is 4.74 Å². The molecule has 1 aliphatic carbocycles. The van der Waals surface area contributed by atoms with Gasteiger partial charge in [0.25, 0.3) is 11.8 Å². The molecule has 26 heavy (non-hydrogen) atoms. The number of ether oxygens (including phenoxy) is 1. The third-order valence-corrected chi connectivity index (χ3v) is 3.99. The molecule has 0 amide bonds. The predicted octanol–water partition coefficient (Wildman–Crippen LogP) is 2.21. The van der Waals surface area contributed by atoms with Gasteiger partial charge in [-0.3, -0.25) is 4.79 Å². The number of hydrogen-bond donors (Lipinski definition) is 2. The highest BCUT2D eigenvalue weighted by Gasteiger charge is 2.21. The summed E-state index contributed by atoms with van der Waals surface area (Å²) in [6.45, 7) is 1.65. The van der Waals surface area contributed by atoms with Gasteiger partial charge in [0.05, 0.1) is 36.6 Å². The molecule has 0 unspecified atom stereocenters. The molecular weight excluding hydrogens is 336 g/mol. The smallest absolute Gasteiger partial charge is 0.278 e. The van der Waals surface area contributed by atoms with Crippen molar-refractivity contribution in [3.05, 3.63) is 40.6 Å². The summed E-state index contributed by atoms with van der Waals surface area (Å²) in [6.07, 6.45) is 8.23. The molecule has 0 aromatic carbocycles. The second kappa shape index (κ2) is 7.30. The Kier molecular flexibility index (Phi) is 4.92. The number of allylic oxidation sites excluding steroid dienone is 2. The summed E-state index contributed by atoms with van der Waals surface area (Å²) in [5.41, 5.74) is 2.60. The van der Waals surface area contributed by atoms with Crippen molar-refractivity contribution in [3.63, 3.8) is 0 Å². The number of aryl methyl sites for hydroxylation is 1. The number of carbonyl (C=O) groups is 1. The third-order valence-electron chi connectivity index (χ3n) is 3.99. The second-order valence-corrected chi connectivity index (χ2v) is 5.85. The van der Waals surface area contributed by atoms with E-state index < -0.39 is 0 Å². The Morgan fingerprint density at radius 1 is 1.00 bits per heavy atom. The maximum Gasteiger partial charge on any atom is 0.278 e. The zero-order chi connectivity index (χ0) is 18.7. The Labute approximate surface area is 149 Å². The number of ketones is 1. The Balaban J connectivity index is 1.89. The van der Waals surface area contributed by atoms with E-state index in [1.54, 1.807) is 19.1 Å². The minimum absolute atomic E-state index is 0.00761. The standard InChI is InChI=1S/C18H18N4O4/c1-10-16(24)19-8-13(21-10)6-11-4-3-5-12(15(11)23)7-14-9-20-17(25)18(22-14)26-2/h6-9H,3-5H2,1-2H3,(H,19,24)(H,20,25)/b11-6+,12-7+. The molecule has 3 rings (SSSR count). The van der Waals surface area contributed by atoms with Crippen LogP contribution >= 0.6 is 0 Å². The lowest BCUT2D eigenvalue weighted by Gasteiger charge is -2.16. The largest absolute Gasteiger partial charge is 0.492 e. The molecule has 0 atom stereocenters. The normalized spacial score (nSPS) is 17.7. The molecule has 2 aromatic rings. The lowest BCUT2D eigenvalue weighted by atomic mass is 9.88. The number of aromatic nitrogens is 4. The van der Waals surface area contributed by atoms with Crippen molar-refractivity contribution < 1.29 is 19.7 Å². The molecular formula is C18H18N4O4. The Hall–Kier alpha value is -3.29. The first-order valence-electron chi connectivity index (χ1n) is 8.06. The number of rotatable bonds is 3. The number of hydrogen-bond acceptors (Lipinski definition) is 8. The monoisotopic (exact) mass is 354 g/mol. The minimum atomic E-state index is -0.300. The van der Waals surface area contributed by atoms with E-state index in [0.717, 1.165) is 6.42 Å². The van der Waals surface area contributed by atoms with Crippen LogP contribution in [-0.4, -0.2) is 43.0 Å². The van der Waals surface area contributed by atoms with Gasteiger partial charge in [0.15, 0.2) is 5.78 Å². The summed E-state index contributed by atoms with van der Waals surface area (Å²) in [5, 5.41) is 19.0. The van der Waals surface area contributed by atoms with Gasteiger partial charge < -0.3 is 14.9 Å². The van der Waals surface area contributed by atoms with Crippen LogP contribution in [0.3, 0.4) is 0 Å². The average Bonchev–Trinajstić information content (AvgIpc) is 2.63. The molecule has 8 heteroatoms. The van der Waals surface area contributed by atoms with Gasteiger partial charge in [-0.2, -0.15) is 0 Å². The summed E-state index contributed by atoms with van der Waals surface area (Å²) in [4.78, 5) is 28.7. The number of carbonyl (C=O) groups excluding carboxylic acids is 1. The van der Waals surface area contributed by atoms with Crippen molar-refractivity contribution in [1.29, 1.82) is 0 Å². The Morgan fingerprint density at radius 2 is 1.58 bits per heavy atom. The quantitative estimate of drug-likeness (QED) is 0.806. The number of aromatic hydroxyl groups is 2. The van der Waals surface area contributed by atoms with E-state index in [1.165, 1.54) is 19.5 Å².